The van der Waals surface area contributed by atoms with Crippen LogP contribution in [0.15, 0.2) is 48.8 Å². The van der Waals surface area contributed by atoms with Crippen LogP contribution >= 0.6 is 0 Å². The van der Waals surface area contributed by atoms with Gasteiger partial charge in [-0.2, -0.15) is 0 Å². The van der Waals surface area contributed by atoms with Crippen molar-refractivity contribution < 1.29 is 19.4 Å². The number of aromatic nitrogens is 3. The summed E-state index contributed by atoms with van der Waals surface area (Å²) in [5.74, 6) is 0.944. The molecule has 0 fully saturated rings. The smallest absolute Gasteiger partial charge is 0.408 e. The van der Waals surface area contributed by atoms with Crippen LogP contribution in [0.5, 0.6) is 0 Å². The molecule has 42 heavy (non-hydrogen) atoms. The number of anilines is 3. The lowest BCUT2D eigenvalue weighted by atomic mass is 9.73. The summed E-state index contributed by atoms with van der Waals surface area (Å²) < 4.78 is 5.35. The van der Waals surface area contributed by atoms with E-state index in [0.717, 1.165) is 54.9 Å². The molecule has 2 aromatic heterocycles. The van der Waals surface area contributed by atoms with Gasteiger partial charge in [0.15, 0.2) is 5.54 Å². The summed E-state index contributed by atoms with van der Waals surface area (Å²) in [4.78, 5) is 38.9. The normalized spacial score (nSPS) is 14.1. The second-order valence-corrected chi connectivity index (χ2v) is 11.6. The maximum absolute atomic E-state index is 12.8. The van der Waals surface area contributed by atoms with E-state index in [9.17, 15) is 14.7 Å². The van der Waals surface area contributed by atoms with Crippen LogP contribution in [0.25, 0.3) is 0 Å². The first-order valence-corrected chi connectivity index (χ1v) is 14.3. The third kappa shape index (κ3) is 7.45. The summed E-state index contributed by atoms with van der Waals surface area (Å²) in [6.45, 7) is 8.68. The molecule has 3 aromatic rings. The molecule has 5 N–H and O–H groups in total. The Morgan fingerprint density at radius 2 is 1.79 bits per heavy atom. The zero-order valence-electron chi connectivity index (χ0n) is 24.8. The maximum Gasteiger partial charge on any atom is 0.408 e. The predicted octanol–water partition coefficient (Wildman–Crippen LogP) is 4.79. The molecule has 0 saturated heterocycles. The Labute approximate surface area is 246 Å². The van der Waals surface area contributed by atoms with E-state index in [0.29, 0.717) is 18.2 Å². The molecule has 1 aliphatic heterocycles. The number of alkyl carbamates (subject to hydrolysis) is 1. The Hall–Kier alpha value is -4.41. The molecule has 0 radical (unpaired) electrons. The van der Waals surface area contributed by atoms with Gasteiger partial charge in [-0.3, -0.25) is 0 Å². The summed E-state index contributed by atoms with van der Waals surface area (Å²) in [7, 11) is 0. The van der Waals surface area contributed by atoms with Gasteiger partial charge in [-0.15, -0.1) is 0 Å². The number of aliphatic carboxylic acids is 1. The second kappa shape index (κ2) is 13.5. The number of carbonyl (C=O) groups excluding carboxylic acids is 1. The molecule has 1 atom stereocenters. The minimum absolute atomic E-state index is 0.0272. The van der Waals surface area contributed by atoms with Gasteiger partial charge in [-0.25, -0.2) is 24.5 Å². The molecule has 1 aliphatic rings. The van der Waals surface area contributed by atoms with E-state index in [1.165, 1.54) is 11.9 Å². The van der Waals surface area contributed by atoms with Crippen LogP contribution in [0.2, 0.25) is 0 Å². The molecular weight excluding hydrogens is 534 g/mol. The van der Waals surface area contributed by atoms with Crippen molar-refractivity contribution in [2.24, 2.45) is 5.41 Å². The molecule has 3 heterocycles. The van der Waals surface area contributed by atoms with Crippen LogP contribution in [0, 0.1) is 12.3 Å². The fraction of sp³-hybridized carbons (Fsp3) is 0.452. The van der Waals surface area contributed by atoms with Gasteiger partial charge in [0, 0.05) is 24.3 Å². The molecule has 1 amide bonds. The lowest BCUT2D eigenvalue weighted by Gasteiger charge is -2.41. The molecule has 0 aliphatic carbocycles. The van der Waals surface area contributed by atoms with E-state index in [2.05, 4.69) is 43.4 Å². The number of benzene rings is 1. The number of carbonyl (C=O) groups is 2. The van der Waals surface area contributed by atoms with E-state index >= 15 is 0 Å². The number of nitrogens with zero attached hydrogens (tertiary/aromatic N) is 3. The second-order valence-electron chi connectivity index (χ2n) is 11.6. The van der Waals surface area contributed by atoms with Crippen LogP contribution < -0.4 is 21.3 Å². The average molecular weight is 576 g/mol. The third-order valence-electron chi connectivity index (χ3n) is 7.63. The molecule has 4 rings (SSSR count). The summed E-state index contributed by atoms with van der Waals surface area (Å²) in [6.07, 6.45) is 4.50. The first kappa shape index (κ1) is 30.5. The van der Waals surface area contributed by atoms with Crippen molar-refractivity contribution in [2.75, 3.05) is 35.6 Å². The van der Waals surface area contributed by atoms with Crippen molar-refractivity contribution in [3.63, 3.8) is 0 Å². The number of hydrogen-bond donors (Lipinski definition) is 5. The Morgan fingerprint density at radius 1 is 1.05 bits per heavy atom. The van der Waals surface area contributed by atoms with Gasteiger partial charge in [0.1, 0.15) is 30.4 Å². The molecule has 1 unspecified atom stereocenters. The molecule has 11 heteroatoms. The summed E-state index contributed by atoms with van der Waals surface area (Å²) in [5, 5.41) is 22.8. The Balaban J connectivity index is 1.37. The standard InChI is InChI=1S/C31H41N7O4/c1-21-25(32-17-9-13-24-15-14-23-12-8-16-33-27(23)37-24)35-20-36-26(21)34-19-31(28(39)40,30(2,3)4)38-29(41)42-18-22-10-6-5-7-11-22/h5-7,10-11,14-15,20H,8-9,12-13,16-19H2,1-4H3,(H,33,37)(H,38,41)(H,39,40)(H2,32,34,35,36). The number of carboxylic acid groups (broad SMARTS) is 1. The number of carboxylic acids is 1. The van der Waals surface area contributed by atoms with Gasteiger partial charge in [-0.05, 0) is 55.2 Å². The molecule has 0 saturated carbocycles. The van der Waals surface area contributed by atoms with Crippen molar-refractivity contribution in [3.05, 3.63) is 71.2 Å². The van der Waals surface area contributed by atoms with Gasteiger partial charge in [-0.1, -0.05) is 57.2 Å². The lowest BCUT2D eigenvalue weighted by Crippen LogP contribution is -2.66. The zero-order valence-corrected chi connectivity index (χ0v) is 24.8. The monoisotopic (exact) mass is 575 g/mol. The third-order valence-corrected chi connectivity index (χ3v) is 7.63. The molecule has 224 valence electrons. The lowest BCUT2D eigenvalue weighted by molar-refractivity contribution is -0.148. The Kier molecular flexibility index (Phi) is 9.82. The number of pyridine rings is 1. The van der Waals surface area contributed by atoms with Gasteiger partial charge >= 0.3 is 12.1 Å². The topological polar surface area (TPSA) is 150 Å². The Morgan fingerprint density at radius 3 is 2.50 bits per heavy atom. The van der Waals surface area contributed by atoms with Crippen molar-refractivity contribution in [3.8, 4) is 0 Å². The van der Waals surface area contributed by atoms with E-state index < -0.39 is 23.0 Å². The summed E-state index contributed by atoms with van der Waals surface area (Å²) >= 11 is 0. The first-order valence-electron chi connectivity index (χ1n) is 14.3. The number of rotatable bonds is 12. The van der Waals surface area contributed by atoms with E-state index in [1.807, 2.05) is 37.3 Å². The van der Waals surface area contributed by atoms with Crippen molar-refractivity contribution in [1.82, 2.24) is 20.3 Å². The van der Waals surface area contributed by atoms with Crippen molar-refractivity contribution in [2.45, 2.75) is 65.5 Å². The molecule has 1 aromatic carbocycles. The molecule has 11 nitrogen and oxygen atoms in total. The minimum atomic E-state index is -1.69. The quantitative estimate of drug-likeness (QED) is 0.191. The fourth-order valence-electron chi connectivity index (χ4n) is 4.89. The SMILES string of the molecule is Cc1c(NCCCc2ccc3c(n2)NCCC3)ncnc1NCC(NC(=O)OCc1ccccc1)(C(=O)O)C(C)(C)C. The van der Waals surface area contributed by atoms with Gasteiger partial charge < -0.3 is 31.1 Å². The molecule has 0 bridgehead atoms. The number of aryl methyl sites for hydroxylation is 2. The molecule has 0 spiro atoms. The van der Waals surface area contributed by atoms with Gasteiger partial charge in [0.2, 0.25) is 0 Å². The number of hydrogen-bond acceptors (Lipinski definition) is 9. The average Bonchev–Trinajstić information content (AvgIpc) is 2.97. The first-order chi connectivity index (χ1) is 20.1. The van der Waals surface area contributed by atoms with Crippen LogP contribution in [-0.4, -0.2) is 57.3 Å². The fourth-order valence-corrected chi connectivity index (χ4v) is 4.89. The largest absolute Gasteiger partial charge is 0.479 e. The number of nitrogens with one attached hydrogen (secondary N) is 4. The van der Waals surface area contributed by atoms with E-state index in [4.69, 9.17) is 9.72 Å². The highest BCUT2D eigenvalue weighted by atomic mass is 16.5. The number of ether oxygens (including phenoxy) is 1. The van der Waals surface area contributed by atoms with Crippen molar-refractivity contribution in [1.29, 1.82) is 0 Å². The van der Waals surface area contributed by atoms with Crippen LogP contribution in [0.1, 0.15) is 56.0 Å². The Bertz CT molecular complexity index is 1380. The van der Waals surface area contributed by atoms with Gasteiger partial charge in [0.05, 0.1) is 6.54 Å². The number of fused-ring (bicyclic) bond motifs is 1. The number of amides is 1. The van der Waals surface area contributed by atoms with Crippen molar-refractivity contribution >= 4 is 29.5 Å². The van der Waals surface area contributed by atoms with Crippen LogP contribution in [0.4, 0.5) is 22.2 Å². The summed E-state index contributed by atoms with van der Waals surface area (Å²) in [6, 6.07) is 13.5. The zero-order chi connectivity index (χ0) is 30.2. The van der Waals surface area contributed by atoms with Crippen LogP contribution in [0.3, 0.4) is 0 Å². The highest BCUT2D eigenvalue weighted by Crippen LogP contribution is 2.32. The highest BCUT2D eigenvalue weighted by Gasteiger charge is 2.50. The van der Waals surface area contributed by atoms with E-state index in [-0.39, 0.29) is 13.2 Å². The maximum atomic E-state index is 12.8. The highest BCUT2D eigenvalue weighted by molar-refractivity contribution is 5.86. The predicted molar refractivity (Wildman–Crippen MR) is 163 cm³/mol. The minimum Gasteiger partial charge on any atom is -0.479 e. The summed E-state index contributed by atoms with van der Waals surface area (Å²) in [5.41, 5.74) is 1.30. The molecular formula is C31H41N7O4. The van der Waals surface area contributed by atoms with Gasteiger partial charge in [0.25, 0.3) is 0 Å². The van der Waals surface area contributed by atoms with E-state index in [1.54, 1.807) is 20.8 Å². The van der Waals surface area contributed by atoms with Crippen LogP contribution in [-0.2, 0) is 29.0 Å².